The minimum Gasteiger partial charge on any atom is -0.327 e. The zero-order valence-corrected chi connectivity index (χ0v) is 17.1. The Morgan fingerprint density at radius 1 is 1.26 bits per heavy atom. The van der Waals surface area contributed by atoms with Crippen LogP contribution in [0.2, 0.25) is 0 Å². The molecular weight excluding hydrogens is 400 g/mol. The van der Waals surface area contributed by atoms with Gasteiger partial charge in [-0.15, -0.1) is 0 Å². The number of anilines is 1. The lowest BCUT2D eigenvalue weighted by molar-refractivity contribution is -0.120. The number of halogens is 2. The molecule has 2 heterocycles. The third-order valence-corrected chi connectivity index (χ3v) is 6.95. The summed E-state index contributed by atoms with van der Waals surface area (Å²) < 4.78 is 29.1. The second kappa shape index (κ2) is 7.12. The number of aromatic nitrogens is 3. The van der Waals surface area contributed by atoms with Crippen LogP contribution in [0.4, 0.5) is 14.6 Å². The first kappa shape index (κ1) is 19.6. The molecule has 1 unspecified atom stereocenters. The summed E-state index contributed by atoms with van der Waals surface area (Å²) in [5.41, 5.74) is 2.13. The van der Waals surface area contributed by atoms with Crippen LogP contribution in [0.1, 0.15) is 37.1 Å². The monoisotopic (exact) mass is 421 g/mol. The molecule has 2 aliphatic carbocycles. The minimum atomic E-state index is -0.890. The molecule has 5 atom stereocenters. The maximum Gasteiger partial charge on any atom is 0.228 e. The molecule has 1 amide bonds. The number of hydrogen-bond acceptors (Lipinski definition) is 4. The number of nitrogens with zero attached hydrogens (tertiary/aromatic N) is 4. The summed E-state index contributed by atoms with van der Waals surface area (Å²) in [6.45, 7) is 3.68. The van der Waals surface area contributed by atoms with Crippen molar-refractivity contribution >= 4 is 22.8 Å². The molecule has 0 saturated heterocycles. The van der Waals surface area contributed by atoms with Gasteiger partial charge in [-0.1, -0.05) is 6.92 Å². The Bertz CT molecular complexity index is 1230. The number of nitriles is 1. The van der Waals surface area contributed by atoms with Crippen molar-refractivity contribution in [3.8, 4) is 6.07 Å². The molecule has 3 aromatic rings. The number of hydrogen-bond donors (Lipinski definition) is 1. The molecule has 2 aromatic heterocycles. The van der Waals surface area contributed by atoms with Gasteiger partial charge in [0.15, 0.2) is 11.6 Å². The second-order valence-electron chi connectivity index (χ2n) is 8.66. The number of carbonyl (C=O) groups is 1. The predicted octanol–water partition coefficient (Wildman–Crippen LogP) is 4.36. The number of fused-ring (bicyclic) bond motifs is 2. The van der Waals surface area contributed by atoms with Gasteiger partial charge in [-0.3, -0.25) is 4.79 Å². The smallest absolute Gasteiger partial charge is 0.228 e. The lowest BCUT2D eigenvalue weighted by Gasteiger charge is -2.19. The number of rotatable bonds is 4. The third-order valence-electron chi connectivity index (χ3n) is 6.95. The molecule has 31 heavy (non-hydrogen) atoms. The average molecular weight is 421 g/mol. The molecule has 0 radical (unpaired) electrons. The van der Waals surface area contributed by atoms with Crippen molar-refractivity contribution in [2.75, 3.05) is 5.32 Å². The summed E-state index contributed by atoms with van der Waals surface area (Å²) in [5, 5.41) is 11.9. The highest BCUT2D eigenvalue weighted by Crippen LogP contribution is 2.64. The van der Waals surface area contributed by atoms with Gasteiger partial charge in [0.05, 0.1) is 28.6 Å². The van der Waals surface area contributed by atoms with Gasteiger partial charge in [-0.2, -0.15) is 5.26 Å². The number of carbonyl (C=O) groups excluding carboxylic acids is 1. The van der Waals surface area contributed by atoms with Crippen molar-refractivity contribution in [3.05, 3.63) is 53.5 Å². The highest BCUT2D eigenvalue weighted by Gasteiger charge is 2.59. The van der Waals surface area contributed by atoms with E-state index in [4.69, 9.17) is 5.26 Å². The molecule has 2 saturated carbocycles. The van der Waals surface area contributed by atoms with Gasteiger partial charge >= 0.3 is 0 Å². The van der Waals surface area contributed by atoms with Crippen molar-refractivity contribution in [2.45, 2.75) is 32.7 Å². The summed E-state index contributed by atoms with van der Waals surface area (Å²) in [6, 6.07) is 7.89. The molecule has 6 nitrogen and oxygen atoms in total. The van der Waals surface area contributed by atoms with Crippen LogP contribution in [0.15, 0.2) is 30.6 Å². The Kier molecular flexibility index (Phi) is 4.50. The SMILES string of the molecule is Cc1nc(NC(=O)C(C)[C@H]2[C@@H]3C[C@@H](n4cnc5cc(F)c(F)cc54)C[C@@H]32)ccc1C#N. The zero-order chi connectivity index (χ0) is 21.9. The fourth-order valence-electron chi connectivity index (χ4n) is 5.31. The largest absolute Gasteiger partial charge is 0.327 e. The highest BCUT2D eigenvalue weighted by molar-refractivity contribution is 5.92. The van der Waals surface area contributed by atoms with Crippen molar-refractivity contribution in [1.29, 1.82) is 5.26 Å². The van der Waals surface area contributed by atoms with E-state index in [9.17, 15) is 13.6 Å². The van der Waals surface area contributed by atoms with E-state index in [1.807, 2.05) is 11.5 Å². The van der Waals surface area contributed by atoms with Crippen LogP contribution in [0.25, 0.3) is 11.0 Å². The van der Waals surface area contributed by atoms with Gasteiger partial charge in [0.1, 0.15) is 11.9 Å². The zero-order valence-electron chi connectivity index (χ0n) is 17.1. The maximum atomic E-state index is 13.7. The van der Waals surface area contributed by atoms with Crippen molar-refractivity contribution in [1.82, 2.24) is 14.5 Å². The van der Waals surface area contributed by atoms with Crippen LogP contribution in [0.5, 0.6) is 0 Å². The molecule has 0 aliphatic heterocycles. The maximum absolute atomic E-state index is 13.7. The van der Waals surface area contributed by atoms with Gasteiger partial charge < -0.3 is 9.88 Å². The van der Waals surface area contributed by atoms with E-state index >= 15 is 0 Å². The summed E-state index contributed by atoms with van der Waals surface area (Å²) in [4.78, 5) is 21.2. The molecule has 1 N–H and O–H groups in total. The molecule has 2 fully saturated rings. The molecular formula is C23H21F2N5O. The summed E-state index contributed by atoms with van der Waals surface area (Å²) in [7, 11) is 0. The number of pyridine rings is 1. The molecule has 2 aliphatic rings. The van der Waals surface area contributed by atoms with E-state index in [1.54, 1.807) is 25.4 Å². The van der Waals surface area contributed by atoms with Gasteiger partial charge in [-0.25, -0.2) is 18.7 Å². The van der Waals surface area contributed by atoms with E-state index < -0.39 is 11.6 Å². The standard InChI is InChI=1S/C23H21F2N5O/c1-11(23(31)29-21-4-3-13(9-26)12(2)28-21)22-15-5-14(6-16(15)22)30-10-27-19-7-17(24)18(25)8-20(19)30/h3-4,7-8,10-11,14-16,22H,5-6H2,1-2H3,(H,28,29,31)/t11?,14-,15-,16+,22+. The first-order valence-corrected chi connectivity index (χ1v) is 10.4. The van der Waals surface area contributed by atoms with Crippen LogP contribution < -0.4 is 5.32 Å². The van der Waals surface area contributed by atoms with E-state index in [1.165, 1.54) is 6.07 Å². The third kappa shape index (κ3) is 3.25. The topological polar surface area (TPSA) is 83.6 Å². The fraction of sp³-hybridized carbons (Fsp3) is 0.391. The Morgan fingerprint density at radius 3 is 2.65 bits per heavy atom. The first-order chi connectivity index (χ1) is 14.9. The Balaban J connectivity index is 1.24. The number of amides is 1. The quantitative estimate of drug-likeness (QED) is 0.678. The Morgan fingerprint density at radius 2 is 1.97 bits per heavy atom. The predicted molar refractivity (Wildman–Crippen MR) is 110 cm³/mol. The van der Waals surface area contributed by atoms with Gasteiger partial charge in [0, 0.05) is 24.1 Å². The second-order valence-corrected chi connectivity index (χ2v) is 8.66. The van der Waals surface area contributed by atoms with Crippen LogP contribution in [-0.4, -0.2) is 20.4 Å². The molecule has 8 heteroatoms. The summed E-state index contributed by atoms with van der Waals surface area (Å²) >= 11 is 0. The van der Waals surface area contributed by atoms with Crippen LogP contribution >= 0.6 is 0 Å². The van der Waals surface area contributed by atoms with E-state index in [0.717, 1.165) is 18.9 Å². The number of imidazole rings is 1. The number of benzene rings is 1. The van der Waals surface area contributed by atoms with Crippen LogP contribution in [-0.2, 0) is 4.79 Å². The summed E-state index contributed by atoms with van der Waals surface area (Å²) in [6.07, 6.45) is 3.44. The van der Waals surface area contributed by atoms with E-state index in [2.05, 4.69) is 21.4 Å². The van der Waals surface area contributed by atoms with Crippen molar-refractivity contribution in [3.63, 3.8) is 0 Å². The van der Waals surface area contributed by atoms with Gasteiger partial charge in [-0.05, 0) is 49.7 Å². The lowest BCUT2D eigenvalue weighted by atomic mass is 9.96. The number of nitrogens with one attached hydrogen (secondary N) is 1. The minimum absolute atomic E-state index is 0.0711. The number of aryl methyl sites for hydroxylation is 1. The molecule has 0 spiro atoms. The molecule has 158 valence electrons. The lowest BCUT2D eigenvalue weighted by Crippen LogP contribution is -2.25. The first-order valence-electron chi connectivity index (χ1n) is 10.4. The van der Waals surface area contributed by atoms with Gasteiger partial charge in [0.2, 0.25) is 5.91 Å². The van der Waals surface area contributed by atoms with Crippen molar-refractivity contribution < 1.29 is 13.6 Å². The average Bonchev–Trinajstić information content (AvgIpc) is 3.05. The van der Waals surface area contributed by atoms with Crippen LogP contribution in [0.3, 0.4) is 0 Å². The highest BCUT2D eigenvalue weighted by atomic mass is 19.2. The van der Waals surface area contributed by atoms with Crippen molar-refractivity contribution in [2.24, 2.45) is 23.7 Å². The Hall–Kier alpha value is -3.34. The van der Waals surface area contributed by atoms with E-state index in [-0.39, 0.29) is 17.9 Å². The summed E-state index contributed by atoms with van der Waals surface area (Å²) in [5.74, 6) is -0.353. The molecule has 0 bridgehead atoms. The molecule has 5 rings (SSSR count). The van der Waals surface area contributed by atoms with E-state index in [0.29, 0.717) is 45.9 Å². The molecule has 1 aromatic carbocycles. The van der Waals surface area contributed by atoms with Gasteiger partial charge in [0.25, 0.3) is 0 Å². The fourth-order valence-corrected chi connectivity index (χ4v) is 5.31. The Labute approximate surface area is 177 Å². The van der Waals surface area contributed by atoms with Crippen LogP contribution in [0, 0.1) is 53.6 Å². The normalized spacial score (nSPS) is 25.1.